The monoisotopic (exact) mass is 247 g/mol. The van der Waals surface area contributed by atoms with Gasteiger partial charge >= 0.3 is 0 Å². The number of hydrogen-bond donors (Lipinski definition) is 1. The maximum atomic E-state index is 5.75. The number of aryl methyl sites for hydroxylation is 1. The minimum absolute atomic E-state index is 0.158. The number of ether oxygens (including phenoxy) is 1. The molecule has 0 spiro atoms. The average molecular weight is 247 g/mol. The third kappa shape index (κ3) is 2.36. The fraction of sp³-hybridized carbons (Fsp3) is 0.385. The predicted octanol–water partition coefficient (Wildman–Crippen LogP) is 1.95. The van der Waals surface area contributed by atoms with E-state index >= 15 is 0 Å². The maximum absolute atomic E-state index is 5.75. The summed E-state index contributed by atoms with van der Waals surface area (Å²) in [7, 11) is 3.44. The van der Waals surface area contributed by atoms with Gasteiger partial charge in [-0.25, -0.2) is 4.98 Å². The standard InChI is InChI=1S/C13H17N3O2/c1-4-9-5-6-10(18-9)11(14-2)12-13(17-3)16-8-7-15-12/h5-8,11,14H,4H2,1-3H3. The van der Waals surface area contributed by atoms with Gasteiger partial charge in [-0.1, -0.05) is 6.92 Å². The summed E-state index contributed by atoms with van der Waals surface area (Å²) in [4.78, 5) is 8.47. The molecule has 2 aromatic rings. The fourth-order valence-corrected chi connectivity index (χ4v) is 1.84. The van der Waals surface area contributed by atoms with Crippen LogP contribution in [0.15, 0.2) is 28.9 Å². The number of aromatic nitrogens is 2. The summed E-state index contributed by atoms with van der Waals surface area (Å²) in [6.07, 6.45) is 4.12. The molecule has 0 saturated heterocycles. The van der Waals surface area contributed by atoms with Crippen LogP contribution in [-0.2, 0) is 6.42 Å². The summed E-state index contributed by atoms with van der Waals surface area (Å²) >= 11 is 0. The third-order valence-electron chi connectivity index (χ3n) is 2.76. The Hall–Kier alpha value is -1.88. The normalized spacial score (nSPS) is 12.4. The number of nitrogens with one attached hydrogen (secondary N) is 1. The molecule has 0 bridgehead atoms. The van der Waals surface area contributed by atoms with Crippen LogP contribution in [0.2, 0.25) is 0 Å². The van der Waals surface area contributed by atoms with Gasteiger partial charge in [0.05, 0.1) is 7.11 Å². The molecule has 96 valence electrons. The Bertz CT molecular complexity index is 510. The van der Waals surface area contributed by atoms with Crippen LogP contribution in [0.25, 0.3) is 0 Å². The number of furan rings is 1. The zero-order chi connectivity index (χ0) is 13.0. The van der Waals surface area contributed by atoms with E-state index in [9.17, 15) is 0 Å². The Morgan fingerprint density at radius 3 is 2.72 bits per heavy atom. The highest BCUT2D eigenvalue weighted by molar-refractivity contribution is 5.28. The molecule has 1 unspecified atom stereocenters. The Labute approximate surface area is 106 Å². The summed E-state index contributed by atoms with van der Waals surface area (Å²) in [5, 5.41) is 3.17. The van der Waals surface area contributed by atoms with Gasteiger partial charge in [-0.05, 0) is 19.2 Å². The van der Waals surface area contributed by atoms with E-state index in [0.717, 1.165) is 23.6 Å². The van der Waals surface area contributed by atoms with Crippen molar-refractivity contribution in [1.82, 2.24) is 15.3 Å². The second-order valence-electron chi connectivity index (χ2n) is 3.83. The molecule has 2 aromatic heterocycles. The number of rotatable bonds is 5. The molecule has 2 rings (SSSR count). The van der Waals surface area contributed by atoms with Crippen LogP contribution >= 0.6 is 0 Å². The maximum Gasteiger partial charge on any atom is 0.237 e. The van der Waals surface area contributed by atoms with E-state index in [-0.39, 0.29) is 6.04 Å². The molecule has 0 radical (unpaired) electrons. The first-order valence-electron chi connectivity index (χ1n) is 5.90. The zero-order valence-corrected chi connectivity index (χ0v) is 10.8. The van der Waals surface area contributed by atoms with E-state index in [1.807, 2.05) is 19.2 Å². The summed E-state index contributed by atoms with van der Waals surface area (Å²) in [6.45, 7) is 2.06. The molecule has 2 heterocycles. The van der Waals surface area contributed by atoms with Gasteiger partial charge in [0.1, 0.15) is 23.3 Å². The van der Waals surface area contributed by atoms with Crippen molar-refractivity contribution in [3.8, 4) is 5.88 Å². The number of nitrogens with zero attached hydrogens (tertiary/aromatic N) is 2. The summed E-state index contributed by atoms with van der Waals surface area (Å²) in [5.74, 6) is 2.27. The Morgan fingerprint density at radius 2 is 2.11 bits per heavy atom. The SMILES string of the molecule is CCc1ccc(C(NC)c2nccnc2OC)o1. The van der Waals surface area contributed by atoms with Crippen LogP contribution in [0, 0.1) is 0 Å². The first-order chi connectivity index (χ1) is 8.80. The van der Waals surface area contributed by atoms with Crippen molar-refractivity contribution in [1.29, 1.82) is 0 Å². The molecule has 0 fully saturated rings. The topological polar surface area (TPSA) is 60.2 Å². The smallest absolute Gasteiger partial charge is 0.237 e. The Morgan fingerprint density at radius 1 is 1.33 bits per heavy atom. The minimum atomic E-state index is -0.158. The van der Waals surface area contributed by atoms with E-state index in [4.69, 9.17) is 9.15 Å². The van der Waals surface area contributed by atoms with Crippen LogP contribution in [0.5, 0.6) is 5.88 Å². The second-order valence-corrected chi connectivity index (χ2v) is 3.83. The highest BCUT2D eigenvalue weighted by atomic mass is 16.5. The highest BCUT2D eigenvalue weighted by Gasteiger charge is 2.21. The van der Waals surface area contributed by atoms with E-state index in [0.29, 0.717) is 5.88 Å². The largest absolute Gasteiger partial charge is 0.480 e. The molecule has 5 heteroatoms. The van der Waals surface area contributed by atoms with Gasteiger partial charge in [0.15, 0.2) is 0 Å². The molecule has 1 N–H and O–H groups in total. The van der Waals surface area contributed by atoms with Crippen LogP contribution in [0.3, 0.4) is 0 Å². The van der Waals surface area contributed by atoms with E-state index in [1.54, 1.807) is 19.5 Å². The average Bonchev–Trinajstić information content (AvgIpc) is 2.89. The Balaban J connectivity index is 2.38. The molecule has 0 aliphatic carbocycles. The lowest BCUT2D eigenvalue weighted by Crippen LogP contribution is -2.19. The minimum Gasteiger partial charge on any atom is -0.480 e. The van der Waals surface area contributed by atoms with Crippen molar-refractivity contribution >= 4 is 0 Å². The van der Waals surface area contributed by atoms with Gasteiger partial charge in [0, 0.05) is 18.8 Å². The van der Waals surface area contributed by atoms with Gasteiger partial charge in [-0.2, -0.15) is 0 Å². The lowest BCUT2D eigenvalue weighted by Gasteiger charge is -2.15. The lowest BCUT2D eigenvalue weighted by atomic mass is 10.1. The van der Waals surface area contributed by atoms with Crippen LogP contribution in [-0.4, -0.2) is 24.1 Å². The van der Waals surface area contributed by atoms with Gasteiger partial charge in [0.25, 0.3) is 0 Å². The lowest BCUT2D eigenvalue weighted by molar-refractivity contribution is 0.373. The van der Waals surface area contributed by atoms with E-state index in [2.05, 4.69) is 22.2 Å². The van der Waals surface area contributed by atoms with Gasteiger partial charge in [0.2, 0.25) is 5.88 Å². The molecular formula is C13H17N3O2. The molecule has 0 amide bonds. The van der Waals surface area contributed by atoms with Crippen molar-refractivity contribution in [2.45, 2.75) is 19.4 Å². The number of methoxy groups -OCH3 is 1. The molecule has 0 aliphatic heterocycles. The van der Waals surface area contributed by atoms with Gasteiger partial charge < -0.3 is 14.5 Å². The summed E-state index contributed by atoms with van der Waals surface area (Å²) in [6, 6.07) is 3.77. The molecule has 0 aromatic carbocycles. The second kappa shape index (κ2) is 5.64. The van der Waals surface area contributed by atoms with Crippen LogP contribution in [0.1, 0.15) is 30.2 Å². The molecule has 1 atom stereocenters. The summed E-state index contributed by atoms with van der Waals surface area (Å²) < 4.78 is 11.0. The molecular weight excluding hydrogens is 230 g/mol. The van der Waals surface area contributed by atoms with Gasteiger partial charge in [-0.15, -0.1) is 0 Å². The van der Waals surface area contributed by atoms with Crippen molar-refractivity contribution < 1.29 is 9.15 Å². The molecule has 18 heavy (non-hydrogen) atoms. The predicted molar refractivity (Wildman–Crippen MR) is 67.6 cm³/mol. The highest BCUT2D eigenvalue weighted by Crippen LogP contribution is 2.27. The Kier molecular flexibility index (Phi) is 3.94. The molecule has 0 aliphatic rings. The first kappa shape index (κ1) is 12.6. The third-order valence-corrected chi connectivity index (χ3v) is 2.76. The zero-order valence-electron chi connectivity index (χ0n) is 10.8. The fourth-order valence-electron chi connectivity index (χ4n) is 1.84. The van der Waals surface area contributed by atoms with E-state index < -0.39 is 0 Å². The molecule has 5 nitrogen and oxygen atoms in total. The van der Waals surface area contributed by atoms with Crippen molar-refractivity contribution in [3.63, 3.8) is 0 Å². The molecule has 0 saturated carbocycles. The van der Waals surface area contributed by atoms with Crippen LogP contribution < -0.4 is 10.1 Å². The van der Waals surface area contributed by atoms with Crippen LogP contribution in [0.4, 0.5) is 0 Å². The quantitative estimate of drug-likeness (QED) is 0.875. The first-order valence-corrected chi connectivity index (χ1v) is 5.90. The van der Waals surface area contributed by atoms with Crippen molar-refractivity contribution in [2.24, 2.45) is 0 Å². The van der Waals surface area contributed by atoms with Crippen molar-refractivity contribution in [2.75, 3.05) is 14.2 Å². The van der Waals surface area contributed by atoms with Crippen molar-refractivity contribution in [3.05, 3.63) is 41.7 Å². The number of hydrogen-bond acceptors (Lipinski definition) is 5. The summed E-state index contributed by atoms with van der Waals surface area (Å²) in [5.41, 5.74) is 0.722. The van der Waals surface area contributed by atoms with Gasteiger partial charge in [-0.3, -0.25) is 4.98 Å². The van der Waals surface area contributed by atoms with E-state index in [1.165, 1.54) is 0 Å².